The highest BCUT2D eigenvalue weighted by molar-refractivity contribution is 5.86. The molecular formula is C19H28ClNO2. The van der Waals surface area contributed by atoms with E-state index in [4.69, 9.17) is 4.74 Å². The Balaban J connectivity index is 0.00000484. The van der Waals surface area contributed by atoms with Crippen LogP contribution in [0, 0.1) is 0 Å². The summed E-state index contributed by atoms with van der Waals surface area (Å²) in [5.41, 5.74) is 1.60. The second-order valence-electron chi connectivity index (χ2n) is 5.61. The number of benzene rings is 1. The summed E-state index contributed by atoms with van der Waals surface area (Å²) in [6.45, 7) is 17.2. The number of likely N-dealkylation sites (N-methyl/N-ethyl adjacent to an activating group) is 1. The second-order valence-corrected chi connectivity index (χ2v) is 5.61. The lowest BCUT2D eigenvalue weighted by Crippen LogP contribution is -3.00. The Hall–Kier alpha value is -1.58. The van der Waals surface area contributed by atoms with Gasteiger partial charge < -0.3 is 17.1 Å². The number of nitrogens with zero attached hydrogens (tertiary/aromatic N) is 1. The van der Waals surface area contributed by atoms with Gasteiger partial charge in [0.25, 0.3) is 0 Å². The molecule has 0 radical (unpaired) electrons. The molecule has 4 heteroatoms. The van der Waals surface area contributed by atoms with E-state index in [1.54, 1.807) is 6.92 Å². The fourth-order valence-electron chi connectivity index (χ4n) is 3.01. The molecule has 0 spiro atoms. The predicted octanol–water partition coefficient (Wildman–Crippen LogP) is 1.24. The Labute approximate surface area is 146 Å². The summed E-state index contributed by atoms with van der Waals surface area (Å²) >= 11 is 0. The van der Waals surface area contributed by atoms with Gasteiger partial charge in [-0.25, -0.2) is 4.79 Å². The van der Waals surface area contributed by atoms with E-state index >= 15 is 0 Å². The van der Waals surface area contributed by atoms with Crippen molar-refractivity contribution in [3.63, 3.8) is 0 Å². The molecule has 2 atom stereocenters. The van der Waals surface area contributed by atoms with Crippen LogP contribution in [0.4, 0.5) is 0 Å². The van der Waals surface area contributed by atoms with Crippen LogP contribution < -0.4 is 12.4 Å². The molecule has 0 bridgehead atoms. The first kappa shape index (κ1) is 21.4. The summed E-state index contributed by atoms with van der Waals surface area (Å²) in [4.78, 5) is 11.9. The van der Waals surface area contributed by atoms with E-state index in [2.05, 4.69) is 39.1 Å². The van der Waals surface area contributed by atoms with Gasteiger partial charge in [-0.05, 0) is 26.8 Å². The SMILES string of the molecule is C=CC(c1ccccc1)[N+](CC)(CC)C(C)OC(=O)C(=C)C.[Cl-]. The van der Waals surface area contributed by atoms with Gasteiger partial charge in [0.15, 0.2) is 0 Å². The summed E-state index contributed by atoms with van der Waals surface area (Å²) < 4.78 is 6.27. The molecule has 0 amide bonds. The van der Waals surface area contributed by atoms with Crippen LogP contribution in [0.3, 0.4) is 0 Å². The van der Waals surface area contributed by atoms with Gasteiger partial charge in [-0.3, -0.25) is 4.48 Å². The van der Waals surface area contributed by atoms with Crippen molar-refractivity contribution in [2.75, 3.05) is 13.1 Å². The summed E-state index contributed by atoms with van der Waals surface area (Å²) in [7, 11) is 0. The van der Waals surface area contributed by atoms with Gasteiger partial charge in [0.1, 0.15) is 6.04 Å². The van der Waals surface area contributed by atoms with E-state index in [1.807, 2.05) is 31.2 Å². The number of quaternary nitrogens is 1. The van der Waals surface area contributed by atoms with Crippen molar-refractivity contribution in [2.45, 2.75) is 40.0 Å². The maximum atomic E-state index is 11.9. The maximum absolute atomic E-state index is 11.9. The van der Waals surface area contributed by atoms with Crippen molar-refractivity contribution in [1.29, 1.82) is 0 Å². The minimum absolute atomic E-state index is 0. The quantitative estimate of drug-likeness (QED) is 0.234. The predicted molar refractivity (Wildman–Crippen MR) is 91.1 cm³/mol. The Kier molecular flexibility index (Phi) is 8.88. The zero-order valence-corrected chi connectivity index (χ0v) is 15.3. The molecule has 23 heavy (non-hydrogen) atoms. The maximum Gasteiger partial charge on any atom is 0.337 e. The van der Waals surface area contributed by atoms with Gasteiger partial charge in [0, 0.05) is 18.1 Å². The molecule has 1 aromatic rings. The molecule has 128 valence electrons. The van der Waals surface area contributed by atoms with E-state index in [1.165, 1.54) is 5.56 Å². The fourth-order valence-corrected chi connectivity index (χ4v) is 3.01. The third-order valence-corrected chi connectivity index (χ3v) is 4.45. The molecule has 0 saturated heterocycles. The van der Waals surface area contributed by atoms with Crippen LogP contribution in [0.15, 0.2) is 55.1 Å². The van der Waals surface area contributed by atoms with E-state index in [-0.39, 0.29) is 30.6 Å². The van der Waals surface area contributed by atoms with Gasteiger partial charge in [-0.2, -0.15) is 0 Å². The number of rotatable bonds is 8. The van der Waals surface area contributed by atoms with Crippen LogP contribution in [0.1, 0.15) is 39.3 Å². The molecule has 1 rings (SSSR count). The molecule has 2 unspecified atom stereocenters. The van der Waals surface area contributed by atoms with Gasteiger partial charge in [-0.1, -0.05) is 43.5 Å². The number of hydrogen-bond donors (Lipinski definition) is 0. The third-order valence-electron chi connectivity index (χ3n) is 4.45. The van der Waals surface area contributed by atoms with Crippen LogP contribution in [0.25, 0.3) is 0 Å². The Morgan fingerprint density at radius 3 is 2.17 bits per heavy atom. The lowest BCUT2D eigenvalue weighted by Gasteiger charge is -2.46. The van der Waals surface area contributed by atoms with Crippen LogP contribution >= 0.6 is 0 Å². The topological polar surface area (TPSA) is 26.3 Å². The Bertz CT molecular complexity index is 523. The van der Waals surface area contributed by atoms with Crippen molar-refractivity contribution in [1.82, 2.24) is 0 Å². The summed E-state index contributed by atoms with van der Waals surface area (Å²) in [5.74, 6) is -0.340. The van der Waals surface area contributed by atoms with E-state index in [9.17, 15) is 4.79 Å². The van der Waals surface area contributed by atoms with Gasteiger partial charge in [0.2, 0.25) is 6.23 Å². The lowest BCUT2D eigenvalue weighted by atomic mass is 10.0. The highest BCUT2D eigenvalue weighted by Gasteiger charge is 2.40. The first-order valence-electron chi connectivity index (χ1n) is 7.83. The normalized spacial score (nSPS) is 13.4. The van der Waals surface area contributed by atoms with Crippen molar-refractivity contribution in [2.24, 2.45) is 0 Å². The molecule has 3 nitrogen and oxygen atoms in total. The van der Waals surface area contributed by atoms with Crippen molar-refractivity contribution < 1.29 is 26.4 Å². The Morgan fingerprint density at radius 2 is 1.78 bits per heavy atom. The van der Waals surface area contributed by atoms with Crippen molar-refractivity contribution in [3.05, 3.63) is 60.7 Å². The molecule has 0 aromatic heterocycles. The molecule has 1 aromatic carbocycles. The van der Waals surface area contributed by atoms with Gasteiger partial charge >= 0.3 is 5.97 Å². The van der Waals surface area contributed by atoms with Crippen LogP contribution in [0.5, 0.6) is 0 Å². The summed E-state index contributed by atoms with van der Waals surface area (Å²) in [5, 5.41) is 0. The molecule has 0 N–H and O–H groups in total. The fraction of sp³-hybridized carbons (Fsp3) is 0.421. The number of hydrogen-bond acceptors (Lipinski definition) is 2. The number of carbonyl (C=O) groups is 1. The highest BCUT2D eigenvalue weighted by Crippen LogP contribution is 2.33. The smallest absolute Gasteiger partial charge is 0.337 e. The zero-order valence-electron chi connectivity index (χ0n) is 14.6. The number of esters is 1. The van der Waals surface area contributed by atoms with Crippen LogP contribution in [-0.4, -0.2) is 29.8 Å². The minimum atomic E-state index is -0.340. The summed E-state index contributed by atoms with van der Waals surface area (Å²) in [6, 6.07) is 10.3. The third kappa shape index (κ3) is 4.69. The minimum Gasteiger partial charge on any atom is -1.00 e. The van der Waals surface area contributed by atoms with Crippen molar-refractivity contribution >= 4 is 5.97 Å². The molecule has 0 saturated carbocycles. The number of carbonyl (C=O) groups excluding carboxylic acids is 1. The van der Waals surface area contributed by atoms with Gasteiger partial charge in [0.05, 0.1) is 13.1 Å². The van der Waals surface area contributed by atoms with Crippen LogP contribution in [-0.2, 0) is 9.53 Å². The first-order valence-corrected chi connectivity index (χ1v) is 7.83. The second kappa shape index (κ2) is 9.53. The highest BCUT2D eigenvalue weighted by atomic mass is 35.5. The molecule has 0 aliphatic heterocycles. The number of ether oxygens (including phenoxy) is 1. The average Bonchev–Trinajstić information content (AvgIpc) is 2.53. The average molecular weight is 338 g/mol. The van der Waals surface area contributed by atoms with Crippen LogP contribution in [0.2, 0.25) is 0 Å². The summed E-state index contributed by atoms with van der Waals surface area (Å²) in [6.07, 6.45) is 1.68. The van der Waals surface area contributed by atoms with E-state index < -0.39 is 0 Å². The molecule has 0 aliphatic carbocycles. The standard InChI is InChI=1S/C19H28NO2.ClH/c1-7-18(17-13-11-10-12-14-17)20(8-2,9-3)16(6)22-19(21)15(4)5;/h7,10-14,16,18H,1,4,8-9H2,2-3,5-6H3;1H/q+1;/p-1. The lowest BCUT2D eigenvalue weighted by molar-refractivity contribution is -0.985. The Morgan fingerprint density at radius 1 is 1.26 bits per heavy atom. The monoisotopic (exact) mass is 337 g/mol. The van der Waals surface area contributed by atoms with Crippen molar-refractivity contribution in [3.8, 4) is 0 Å². The van der Waals surface area contributed by atoms with Gasteiger partial charge in [-0.15, -0.1) is 0 Å². The van der Waals surface area contributed by atoms with E-state index in [0.29, 0.717) is 10.1 Å². The molecule has 0 fully saturated rings. The van der Waals surface area contributed by atoms with E-state index in [0.717, 1.165) is 13.1 Å². The molecule has 0 heterocycles. The zero-order chi connectivity index (χ0) is 16.8. The largest absolute Gasteiger partial charge is 1.00 e. The molecular weight excluding hydrogens is 310 g/mol. The first-order chi connectivity index (χ1) is 10.4. The number of halogens is 1. The molecule has 0 aliphatic rings.